The molecule has 2 rings (SSSR count). The minimum atomic E-state index is -0.495. The number of thiophene rings is 1. The average Bonchev–Trinajstić information content (AvgIpc) is 2.92. The Hall–Kier alpha value is -1.89. The molecule has 0 aliphatic rings. The number of primary amides is 1. The predicted octanol–water partition coefficient (Wildman–Crippen LogP) is 2.96. The number of anilines is 1. The van der Waals surface area contributed by atoms with Crippen LogP contribution in [-0.2, 0) is 11.3 Å². The minimum Gasteiger partial charge on any atom is -0.366 e. The van der Waals surface area contributed by atoms with Gasteiger partial charge in [-0.15, -0.1) is 11.3 Å². The maximum Gasteiger partial charge on any atom is 0.248 e. The second-order valence-corrected chi connectivity index (χ2v) is 7.03. The molecule has 0 aliphatic heterocycles. The van der Waals surface area contributed by atoms with Crippen LogP contribution in [0.5, 0.6) is 0 Å². The van der Waals surface area contributed by atoms with Crippen LogP contribution in [0.1, 0.15) is 22.2 Å². The van der Waals surface area contributed by atoms with Gasteiger partial charge in [-0.1, -0.05) is 11.6 Å². The van der Waals surface area contributed by atoms with E-state index in [0.29, 0.717) is 17.8 Å². The summed E-state index contributed by atoms with van der Waals surface area (Å²) in [5.74, 6) is -0.618. The summed E-state index contributed by atoms with van der Waals surface area (Å²) in [4.78, 5) is 26.4. The first-order chi connectivity index (χ1) is 10.9. The van der Waals surface area contributed by atoms with Gasteiger partial charge in [-0.3, -0.25) is 14.5 Å². The molecule has 0 spiro atoms. The fraction of sp³-hybridized carbons (Fsp3) is 0.250. The second kappa shape index (κ2) is 7.59. The third kappa shape index (κ3) is 4.79. The van der Waals surface area contributed by atoms with Crippen molar-refractivity contribution in [3.05, 3.63) is 51.2 Å². The van der Waals surface area contributed by atoms with E-state index in [1.165, 1.54) is 11.3 Å². The lowest BCUT2D eigenvalue weighted by molar-refractivity contribution is -0.120. The highest BCUT2D eigenvalue weighted by atomic mass is 35.5. The Bertz CT molecular complexity index is 700. The number of hydrogen-bond donors (Lipinski definition) is 2. The summed E-state index contributed by atoms with van der Waals surface area (Å²) >= 11 is 7.42. The van der Waals surface area contributed by atoms with Crippen molar-refractivity contribution in [1.82, 2.24) is 4.90 Å². The fourth-order valence-corrected chi connectivity index (χ4v) is 3.14. The molecule has 0 unspecified atom stereocenters. The SMILES string of the molecule is C[C@@H](C(=O)Nc1ccc(C(N)=O)cc1)N(C)Cc1ccc(Cl)s1. The van der Waals surface area contributed by atoms with E-state index < -0.39 is 5.91 Å². The van der Waals surface area contributed by atoms with Gasteiger partial charge >= 0.3 is 0 Å². The zero-order valence-electron chi connectivity index (χ0n) is 12.9. The van der Waals surface area contributed by atoms with E-state index in [0.717, 1.165) is 9.21 Å². The average molecular weight is 352 g/mol. The minimum absolute atomic E-state index is 0.123. The summed E-state index contributed by atoms with van der Waals surface area (Å²) < 4.78 is 0.736. The van der Waals surface area contributed by atoms with Gasteiger partial charge in [0.15, 0.2) is 0 Å². The third-order valence-corrected chi connectivity index (χ3v) is 4.73. The molecule has 1 atom stereocenters. The Morgan fingerprint density at radius 3 is 2.43 bits per heavy atom. The molecule has 3 N–H and O–H groups in total. The first-order valence-corrected chi connectivity index (χ1v) is 8.21. The van der Waals surface area contributed by atoms with Gasteiger partial charge in [0.1, 0.15) is 0 Å². The maximum absolute atomic E-state index is 12.3. The number of benzene rings is 1. The molecular weight excluding hydrogens is 334 g/mol. The van der Waals surface area contributed by atoms with Gasteiger partial charge in [-0.25, -0.2) is 0 Å². The number of halogens is 1. The Kier molecular flexibility index (Phi) is 5.76. The van der Waals surface area contributed by atoms with E-state index in [1.807, 2.05) is 31.0 Å². The van der Waals surface area contributed by atoms with Gasteiger partial charge in [-0.05, 0) is 50.4 Å². The number of likely N-dealkylation sites (N-methyl/N-ethyl adjacent to an activating group) is 1. The monoisotopic (exact) mass is 351 g/mol. The molecule has 0 aliphatic carbocycles. The van der Waals surface area contributed by atoms with Crippen molar-refractivity contribution in [1.29, 1.82) is 0 Å². The van der Waals surface area contributed by atoms with Crippen LogP contribution >= 0.6 is 22.9 Å². The number of nitrogens with one attached hydrogen (secondary N) is 1. The number of nitrogens with two attached hydrogens (primary N) is 1. The van der Waals surface area contributed by atoms with Crippen molar-refractivity contribution in [3.8, 4) is 0 Å². The van der Waals surface area contributed by atoms with E-state index in [-0.39, 0.29) is 11.9 Å². The van der Waals surface area contributed by atoms with E-state index in [4.69, 9.17) is 17.3 Å². The lowest BCUT2D eigenvalue weighted by Gasteiger charge is -2.23. The van der Waals surface area contributed by atoms with Crippen LogP contribution in [0, 0.1) is 0 Å². The van der Waals surface area contributed by atoms with Crippen LogP contribution in [0.4, 0.5) is 5.69 Å². The van der Waals surface area contributed by atoms with Gasteiger partial charge in [0.25, 0.3) is 0 Å². The molecule has 5 nitrogen and oxygen atoms in total. The van der Waals surface area contributed by atoms with Gasteiger partial charge in [0, 0.05) is 22.7 Å². The number of carbonyl (C=O) groups excluding carboxylic acids is 2. The molecule has 2 amide bonds. The molecule has 0 radical (unpaired) electrons. The van der Waals surface area contributed by atoms with Gasteiger partial charge in [0.05, 0.1) is 10.4 Å². The van der Waals surface area contributed by atoms with E-state index in [1.54, 1.807) is 24.3 Å². The lowest BCUT2D eigenvalue weighted by Crippen LogP contribution is -2.39. The number of amides is 2. The summed E-state index contributed by atoms with van der Waals surface area (Å²) in [6.45, 7) is 2.48. The Morgan fingerprint density at radius 2 is 1.91 bits per heavy atom. The molecule has 0 bridgehead atoms. The first kappa shape index (κ1) is 17.5. The number of carbonyl (C=O) groups is 2. The molecule has 0 saturated heterocycles. The molecule has 1 aromatic carbocycles. The topological polar surface area (TPSA) is 75.4 Å². The molecule has 2 aromatic rings. The van der Waals surface area contributed by atoms with Crippen molar-refractivity contribution in [3.63, 3.8) is 0 Å². The normalized spacial score (nSPS) is 12.2. The van der Waals surface area contributed by atoms with Gasteiger partial charge in [-0.2, -0.15) is 0 Å². The number of rotatable bonds is 6. The molecule has 0 fully saturated rings. The molecule has 122 valence electrons. The van der Waals surface area contributed by atoms with Crippen LogP contribution < -0.4 is 11.1 Å². The van der Waals surface area contributed by atoms with Crippen molar-refractivity contribution in [2.75, 3.05) is 12.4 Å². The van der Waals surface area contributed by atoms with Gasteiger partial charge < -0.3 is 11.1 Å². The molecule has 7 heteroatoms. The highest BCUT2D eigenvalue weighted by Crippen LogP contribution is 2.23. The predicted molar refractivity (Wildman–Crippen MR) is 93.8 cm³/mol. The van der Waals surface area contributed by atoms with Crippen LogP contribution in [0.25, 0.3) is 0 Å². The Balaban J connectivity index is 1.94. The third-order valence-electron chi connectivity index (χ3n) is 3.51. The largest absolute Gasteiger partial charge is 0.366 e. The maximum atomic E-state index is 12.3. The number of nitrogens with zero attached hydrogens (tertiary/aromatic N) is 1. The summed E-state index contributed by atoms with van der Waals surface area (Å²) in [5.41, 5.74) is 6.22. The highest BCUT2D eigenvalue weighted by Gasteiger charge is 2.19. The zero-order valence-corrected chi connectivity index (χ0v) is 14.4. The van der Waals surface area contributed by atoms with Crippen LogP contribution in [-0.4, -0.2) is 29.8 Å². The van der Waals surface area contributed by atoms with E-state index >= 15 is 0 Å². The second-order valence-electron chi connectivity index (χ2n) is 5.23. The summed E-state index contributed by atoms with van der Waals surface area (Å²) in [6.07, 6.45) is 0. The molecule has 1 aromatic heterocycles. The molecule has 1 heterocycles. The van der Waals surface area contributed by atoms with Crippen LogP contribution in [0.2, 0.25) is 4.34 Å². The highest BCUT2D eigenvalue weighted by molar-refractivity contribution is 7.16. The van der Waals surface area contributed by atoms with Crippen molar-refractivity contribution in [2.45, 2.75) is 19.5 Å². The Labute approximate surface area is 144 Å². The first-order valence-electron chi connectivity index (χ1n) is 7.02. The van der Waals surface area contributed by atoms with Crippen LogP contribution in [0.15, 0.2) is 36.4 Å². The summed E-state index contributed by atoms with van der Waals surface area (Å²) in [6, 6.07) is 9.97. The zero-order chi connectivity index (χ0) is 17.0. The van der Waals surface area contributed by atoms with Crippen molar-refractivity contribution < 1.29 is 9.59 Å². The standard InChI is InChI=1S/C16H18ClN3O2S/c1-10(20(2)9-13-7-8-14(17)23-13)16(22)19-12-5-3-11(4-6-12)15(18)21/h3-8,10H,9H2,1-2H3,(H2,18,21)(H,19,22)/t10-/m0/s1. The van der Waals surface area contributed by atoms with Gasteiger partial charge in [0.2, 0.25) is 11.8 Å². The van der Waals surface area contributed by atoms with Crippen LogP contribution in [0.3, 0.4) is 0 Å². The molecule has 23 heavy (non-hydrogen) atoms. The lowest BCUT2D eigenvalue weighted by atomic mass is 10.2. The van der Waals surface area contributed by atoms with Crippen molar-refractivity contribution in [2.24, 2.45) is 5.73 Å². The smallest absolute Gasteiger partial charge is 0.248 e. The van der Waals surface area contributed by atoms with E-state index in [9.17, 15) is 9.59 Å². The molecular formula is C16H18ClN3O2S. The molecule has 0 saturated carbocycles. The van der Waals surface area contributed by atoms with E-state index in [2.05, 4.69) is 5.32 Å². The summed E-state index contributed by atoms with van der Waals surface area (Å²) in [5, 5.41) is 2.82. The summed E-state index contributed by atoms with van der Waals surface area (Å²) in [7, 11) is 1.88. The van der Waals surface area contributed by atoms with Crippen molar-refractivity contribution >= 4 is 40.4 Å². The quantitative estimate of drug-likeness (QED) is 0.840. The Morgan fingerprint density at radius 1 is 1.26 bits per heavy atom. The fourth-order valence-electron chi connectivity index (χ4n) is 1.98. The number of hydrogen-bond acceptors (Lipinski definition) is 4.